The highest BCUT2D eigenvalue weighted by atomic mass is 16.5. The molecular formula is C22H24N2O4. The molecule has 6 heteroatoms. The van der Waals surface area contributed by atoms with Gasteiger partial charge in [0.15, 0.2) is 6.10 Å². The summed E-state index contributed by atoms with van der Waals surface area (Å²) in [5.74, 6) is -1.64. The van der Waals surface area contributed by atoms with Gasteiger partial charge in [-0.1, -0.05) is 30.3 Å². The molecule has 1 heterocycles. The lowest BCUT2D eigenvalue weighted by Gasteiger charge is -2.20. The second-order valence-corrected chi connectivity index (χ2v) is 7.06. The lowest BCUT2D eigenvalue weighted by molar-refractivity contribution is -0.157. The number of hydrogen-bond acceptors (Lipinski definition) is 4. The van der Waals surface area contributed by atoms with Gasteiger partial charge in [-0.3, -0.25) is 14.4 Å². The fourth-order valence-corrected chi connectivity index (χ4v) is 3.22. The van der Waals surface area contributed by atoms with Gasteiger partial charge < -0.3 is 15.0 Å². The first-order chi connectivity index (χ1) is 13.4. The van der Waals surface area contributed by atoms with E-state index in [4.69, 9.17) is 4.74 Å². The van der Waals surface area contributed by atoms with Crippen LogP contribution in [0.2, 0.25) is 0 Å². The third-order valence-corrected chi connectivity index (χ3v) is 5.03. The van der Waals surface area contributed by atoms with E-state index in [9.17, 15) is 14.4 Å². The van der Waals surface area contributed by atoms with E-state index in [2.05, 4.69) is 5.32 Å². The average Bonchev–Trinajstić information content (AvgIpc) is 3.06. The van der Waals surface area contributed by atoms with Crippen LogP contribution in [0, 0.1) is 19.8 Å². The normalized spacial score (nSPS) is 17.3. The maximum absolute atomic E-state index is 12.5. The van der Waals surface area contributed by atoms with Crippen molar-refractivity contribution in [1.29, 1.82) is 0 Å². The van der Waals surface area contributed by atoms with Crippen LogP contribution in [0.3, 0.4) is 0 Å². The van der Waals surface area contributed by atoms with Gasteiger partial charge in [-0.25, -0.2) is 0 Å². The number of carbonyl (C=O) groups is 3. The molecule has 146 valence electrons. The molecule has 1 N–H and O–H groups in total. The summed E-state index contributed by atoms with van der Waals surface area (Å²) >= 11 is 0. The number of rotatable bonds is 5. The summed E-state index contributed by atoms with van der Waals surface area (Å²) in [6, 6.07) is 14.7. The summed E-state index contributed by atoms with van der Waals surface area (Å²) in [5.41, 5.74) is 3.55. The van der Waals surface area contributed by atoms with Gasteiger partial charge in [-0.05, 0) is 50.1 Å². The van der Waals surface area contributed by atoms with Crippen LogP contribution < -0.4 is 10.2 Å². The minimum Gasteiger partial charge on any atom is -0.452 e. The molecule has 0 aromatic heterocycles. The molecule has 0 aliphatic carbocycles. The molecule has 2 atom stereocenters. The van der Waals surface area contributed by atoms with Gasteiger partial charge in [-0.2, -0.15) is 0 Å². The number of benzene rings is 2. The maximum atomic E-state index is 12.5. The molecule has 0 radical (unpaired) electrons. The second kappa shape index (κ2) is 8.25. The van der Waals surface area contributed by atoms with E-state index in [1.807, 2.05) is 38.1 Å². The Morgan fingerprint density at radius 1 is 1.11 bits per heavy atom. The molecule has 1 saturated heterocycles. The number of carbonyl (C=O) groups excluding carboxylic acids is 3. The van der Waals surface area contributed by atoms with E-state index < -0.39 is 23.9 Å². The molecule has 0 spiro atoms. The maximum Gasteiger partial charge on any atom is 0.312 e. The van der Waals surface area contributed by atoms with Gasteiger partial charge >= 0.3 is 5.97 Å². The van der Waals surface area contributed by atoms with Crippen LogP contribution in [0.15, 0.2) is 48.5 Å². The third kappa shape index (κ3) is 4.22. The molecule has 3 rings (SSSR count). The van der Waals surface area contributed by atoms with Crippen molar-refractivity contribution in [3.8, 4) is 0 Å². The summed E-state index contributed by atoms with van der Waals surface area (Å²) in [7, 11) is 0. The lowest BCUT2D eigenvalue weighted by Crippen LogP contribution is -2.33. The van der Waals surface area contributed by atoms with Crippen molar-refractivity contribution in [3.05, 3.63) is 59.7 Å². The van der Waals surface area contributed by atoms with Gasteiger partial charge in [0, 0.05) is 24.3 Å². The van der Waals surface area contributed by atoms with Crippen LogP contribution in [-0.2, 0) is 19.1 Å². The summed E-state index contributed by atoms with van der Waals surface area (Å²) in [4.78, 5) is 38.8. The largest absolute Gasteiger partial charge is 0.452 e. The molecule has 0 bridgehead atoms. The molecule has 1 fully saturated rings. The molecular weight excluding hydrogens is 356 g/mol. The van der Waals surface area contributed by atoms with E-state index in [-0.39, 0.29) is 18.9 Å². The molecule has 2 aromatic carbocycles. The quantitative estimate of drug-likeness (QED) is 0.808. The van der Waals surface area contributed by atoms with Crippen molar-refractivity contribution in [3.63, 3.8) is 0 Å². The van der Waals surface area contributed by atoms with Crippen LogP contribution in [0.5, 0.6) is 0 Å². The van der Waals surface area contributed by atoms with Crippen LogP contribution in [0.4, 0.5) is 11.4 Å². The van der Waals surface area contributed by atoms with Gasteiger partial charge in [0.05, 0.1) is 5.92 Å². The number of hydrogen-bond donors (Lipinski definition) is 1. The molecule has 2 amide bonds. The SMILES string of the molecule is Cc1cccc(N2C[C@H](C(=O)O[C@H](C)C(=O)Nc3ccccc3)CC2=O)c1C. The Balaban J connectivity index is 1.61. The number of ether oxygens (including phenoxy) is 1. The zero-order chi connectivity index (χ0) is 20.3. The Morgan fingerprint density at radius 3 is 2.54 bits per heavy atom. The third-order valence-electron chi connectivity index (χ3n) is 5.03. The smallest absolute Gasteiger partial charge is 0.312 e. The Kier molecular flexibility index (Phi) is 5.78. The number of para-hydroxylation sites is 1. The van der Waals surface area contributed by atoms with Gasteiger partial charge in [0.25, 0.3) is 5.91 Å². The molecule has 2 aromatic rings. The summed E-state index contributed by atoms with van der Waals surface area (Å²) < 4.78 is 5.32. The Morgan fingerprint density at radius 2 is 1.82 bits per heavy atom. The van der Waals surface area contributed by atoms with Crippen molar-refractivity contribution < 1.29 is 19.1 Å². The zero-order valence-electron chi connectivity index (χ0n) is 16.3. The van der Waals surface area contributed by atoms with E-state index in [1.54, 1.807) is 29.2 Å². The summed E-state index contributed by atoms with van der Waals surface area (Å²) in [5, 5.41) is 2.70. The first kappa shape index (κ1) is 19.6. The van der Waals surface area contributed by atoms with E-state index >= 15 is 0 Å². The highest BCUT2D eigenvalue weighted by Crippen LogP contribution is 2.30. The molecule has 28 heavy (non-hydrogen) atoms. The number of esters is 1. The van der Waals surface area contributed by atoms with E-state index in [0.29, 0.717) is 5.69 Å². The zero-order valence-corrected chi connectivity index (χ0v) is 16.3. The van der Waals surface area contributed by atoms with Crippen LogP contribution in [0.25, 0.3) is 0 Å². The van der Waals surface area contributed by atoms with E-state index in [0.717, 1.165) is 16.8 Å². The van der Waals surface area contributed by atoms with Crippen molar-refractivity contribution in [2.24, 2.45) is 5.92 Å². The first-order valence-electron chi connectivity index (χ1n) is 9.30. The van der Waals surface area contributed by atoms with Gasteiger partial charge in [0.2, 0.25) is 5.91 Å². The van der Waals surface area contributed by atoms with Crippen molar-refractivity contribution in [2.45, 2.75) is 33.3 Å². The molecule has 0 saturated carbocycles. The molecule has 6 nitrogen and oxygen atoms in total. The Hall–Kier alpha value is -3.15. The fourth-order valence-electron chi connectivity index (χ4n) is 3.22. The monoisotopic (exact) mass is 380 g/mol. The predicted molar refractivity (Wildman–Crippen MR) is 107 cm³/mol. The minimum atomic E-state index is -0.947. The van der Waals surface area contributed by atoms with Crippen LogP contribution >= 0.6 is 0 Å². The molecule has 1 aliphatic heterocycles. The second-order valence-electron chi connectivity index (χ2n) is 7.06. The van der Waals surface area contributed by atoms with Crippen molar-refractivity contribution in [1.82, 2.24) is 0 Å². The fraction of sp³-hybridized carbons (Fsp3) is 0.318. The van der Waals surface area contributed by atoms with Gasteiger partial charge in [-0.15, -0.1) is 0 Å². The summed E-state index contributed by atoms with van der Waals surface area (Å²) in [6.07, 6.45) is -0.864. The minimum absolute atomic E-state index is 0.0826. The number of nitrogens with one attached hydrogen (secondary N) is 1. The lowest BCUT2D eigenvalue weighted by atomic mass is 10.1. The predicted octanol–water partition coefficient (Wildman–Crippen LogP) is 3.23. The van der Waals surface area contributed by atoms with Crippen molar-refractivity contribution in [2.75, 3.05) is 16.8 Å². The number of aryl methyl sites for hydroxylation is 1. The topological polar surface area (TPSA) is 75.7 Å². The molecule has 1 aliphatic rings. The number of amides is 2. The van der Waals surface area contributed by atoms with Crippen molar-refractivity contribution >= 4 is 29.2 Å². The van der Waals surface area contributed by atoms with E-state index in [1.165, 1.54) is 6.92 Å². The average molecular weight is 380 g/mol. The Bertz CT molecular complexity index is 895. The molecule has 0 unspecified atom stereocenters. The standard InChI is InChI=1S/C22H24N2O4/c1-14-8-7-11-19(15(14)2)24-13-17(12-20(24)25)22(27)28-16(3)21(26)23-18-9-5-4-6-10-18/h4-11,16-17H,12-13H2,1-3H3,(H,23,26)/t16-,17-/m1/s1. The Labute approximate surface area is 164 Å². The summed E-state index contributed by atoms with van der Waals surface area (Å²) in [6.45, 7) is 5.72. The number of anilines is 2. The highest BCUT2D eigenvalue weighted by Gasteiger charge is 2.37. The number of nitrogens with zero attached hydrogens (tertiary/aromatic N) is 1. The highest BCUT2D eigenvalue weighted by molar-refractivity contribution is 6.01. The van der Waals surface area contributed by atoms with Gasteiger partial charge in [0.1, 0.15) is 0 Å². The van der Waals surface area contributed by atoms with Crippen LogP contribution in [-0.4, -0.2) is 30.4 Å². The first-order valence-corrected chi connectivity index (χ1v) is 9.30. The van der Waals surface area contributed by atoms with Crippen LogP contribution in [0.1, 0.15) is 24.5 Å².